The molecule has 1 aromatic heterocycles. The Bertz CT molecular complexity index is 591. The van der Waals surface area contributed by atoms with Crippen molar-refractivity contribution < 1.29 is 0 Å². The lowest BCUT2D eigenvalue weighted by Gasteiger charge is -2.17. The van der Waals surface area contributed by atoms with Gasteiger partial charge in [-0.25, -0.2) is 4.98 Å². The van der Waals surface area contributed by atoms with Crippen LogP contribution >= 0.6 is 0 Å². The van der Waals surface area contributed by atoms with Crippen LogP contribution in [-0.2, 0) is 0 Å². The van der Waals surface area contributed by atoms with Gasteiger partial charge in [-0.15, -0.1) is 0 Å². The van der Waals surface area contributed by atoms with Crippen LogP contribution in [0.15, 0.2) is 42.6 Å². The van der Waals surface area contributed by atoms with Crippen molar-refractivity contribution >= 4 is 16.6 Å². The van der Waals surface area contributed by atoms with E-state index in [9.17, 15) is 0 Å². The average Bonchev–Trinajstić information content (AvgIpc) is 2.91. The van der Waals surface area contributed by atoms with Crippen LogP contribution in [0.25, 0.3) is 10.8 Å². The number of hydrogen-bond acceptors (Lipinski definition) is 2. The second-order valence-electron chi connectivity index (χ2n) is 5.14. The Labute approximate surface area is 108 Å². The van der Waals surface area contributed by atoms with E-state index in [0.29, 0.717) is 5.92 Å². The monoisotopic (exact) mass is 238 g/mol. The molecule has 2 heterocycles. The topological polar surface area (TPSA) is 16.1 Å². The molecule has 0 spiro atoms. The van der Waals surface area contributed by atoms with Gasteiger partial charge in [0.1, 0.15) is 5.82 Å². The molecule has 0 bridgehead atoms. The molecule has 1 aliphatic rings. The summed E-state index contributed by atoms with van der Waals surface area (Å²) in [6, 6.07) is 8.72. The predicted molar refractivity (Wildman–Crippen MR) is 77.2 cm³/mol. The first-order chi connectivity index (χ1) is 8.75. The quantitative estimate of drug-likeness (QED) is 0.741. The largest absolute Gasteiger partial charge is 0.349 e. The molecule has 0 radical (unpaired) electrons. The summed E-state index contributed by atoms with van der Waals surface area (Å²) in [5.41, 5.74) is 1.38. The highest BCUT2D eigenvalue weighted by Crippen LogP contribution is 2.27. The van der Waals surface area contributed by atoms with Crippen molar-refractivity contribution in [3.05, 3.63) is 48.2 Å². The lowest BCUT2D eigenvalue weighted by molar-refractivity contribution is 0.875. The Hall–Kier alpha value is -1.83. The van der Waals surface area contributed by atoms with Gasteiger partial charge in [0.15, 0.2) is 0 Å². The highest BCUT2D eigenvalue weighted by molar-refractivity contribution is 5.87. The maximum absolute atomic E-state index is 4.62. The normalized spacial score (nSPS) is 14.9. The lowest BCUT2D eigenvalue weighted by atomic mass is 9.97. The van der Waals surface area contributed by atoms with E-state index < -0.39 is 0 Å². The standard InChI is InChI=1S/C16H18N2/c1-12(2)14-7-5-6-13-10-16(17-11-15(13)14)18-8-3-4-9-18/h3-7,10-12H,8-9H2,1-2H3. The number of pyridine rings is 1. The number of benzene rings is 1. The average molecular weight is 238 g/mol. The number of aromatic nitrogens is 1. The first kappa shape index (κ1) is 11.3. The zero-order chi connectivity index (χ0) is 12.5. The van der Waals surface area contributed by atoms with E-state index in [1.165, 1.54) is 16.3 Å². The molecule has 0 amide bonds. The Morgan fingerprint density at radius 1 is 1.17 bits per heavy atom. The maximum atomic E-state index is 4.62. The highest BCUT2D eigenvalue weighted by Gasteiger charge is 2.11. The van der Waals surface area contributed by atoms with E-state index in [1.807, 2.05) is 6.20 Å². The number of rotatable bonds is 2. The van der Waals surface area contributed by atoms with Crippen molar-refractivity contribution in [2.45, 2.75) is 19.8 Å². The molecule has 2 aromatic rings. The molecule has 0 fully saturated rings. The molecule has 1 aliphatic heterocycles. The van der Waals surface area contributed by atoms with E-state index >= 15 is 0 Å². The molecule has 0 N–H and O–H groups in total. The van der Waals surface area contributed by atoms with Crippen LogP contribution in [-0.4, -0.2) is 18.1 Å². The van der Waals surface area contributed by atoms with Crippen LogP contribution in [0, 0.1) is 0 Å². The minimum absolute atomic E-state index is 0.537. The molecule has 3 rings (SSSR count). The number of hydrogen-bond donors (Lipinski definition) is 0. The Morgan fingerprint density at radius 3 is 2.67 bits per heavy atom. The summed E-state index contributed by atoms with van der Waals surface area (Å²) in [7, 11) is 0. The van der Waals surface area contributed by atoms with E-state index in [4.69, 9.17) is 0 Å². The van der Waals surface area contributed by atoms with Gasteiger partial charge in [0.25, 0.3) is 0 Å². The smallest absolute Gasteiger partial charge is 0.129 e. The Morgan fingerprint density at radius 2 is 1.94 bits per heavy atom. The fraction of sp³-hybridized carbons (Fsp3) is 0.312. The molecule has 1 aromatic carbocycles. The van der Waals surface area contributed by atoms with Crippen LogP contribution in [0.1, 0.15) is 25.3 Å². The summed E-state index contributed by atoms with van der Waals surface area (Å²) in [6.45, 7) is 6.41. The molecule has 0 atom stereocenters. The second-order valence-corrected chi connectivity index (χ2v) is 5.14. The molecule has 0 saturated heterocycles. The molecular weight excluding hydrogens is 220 g/mol. The minimum Gasteiger partial charge on any atom is -0.349 e. The van der Waals surface area contributed by atoms with Crippen molar-refractivity contribution in [3.8, 4) is 0 Å². The predicted octanol–water partition coefficient (Wildman–Crippen LogP) is 3.73. The second kappa shape index (κ2) is 4.45. The summed E-state index contributed by atoms with van der Waals surface area (Å²) in [5.74, 6) is 1.61. The van der Waals surface area contributed by atoms with Gasteiger partial charge in [-0.05, 0) is 22.9 Å². The molecule has 18 heavy (non-hydrogen) atoms. The van der Waals surface area contributed by atoms with Gasteiger partial charge >= 0.3 is 0 Å². The van der Waals surface area contributed by atoms with Crippen molar-refractivity contribution in [2.75, 3.05) is 18.0 Å². The SMILES string of the molecule is CC(C)c1cccc2cc(N3CC=CC3)ncc12. The zero-order valence-corrected chi connectivity index (χ0v) is 10.9. The molecule has 0 saturated carbocycles. The van der Waals surface area contributed by atoms with Crippen LogP contribution in [0.4, 0.5) is 5.82 Å². The van der Waals surface area contributed by atoms with Gasteiger partial charge < -0.3 is 4.90 Å². The summed E-state index contributed by atoms with van der Waals surface area (Å²) in [6.07, 6.45) is 6.41. The summed E-state index contributed by atoms with van der Waals surface area (Å²) < 4.78 is 0. The van der Waals surface area contributed by atoms with Gasteiger partial charge in [-0.3, -0.25) is 0 Å². The first-order valence-corrected chi connectivity index (χ1v) is 6.54. The van der Waals surface area contributed by atoms with Gasteiger partial charge in [0.2, 0.25) is 0 Å². The van der Waals surface area contributed by atoms with Crippen molar-refractivity contribution in [3.63, 3.8) is 0 Å². The molecular formula is C16H18N2. The van der Waals surface area contributed by atoms with Crippen LogP contribution in [0.3, 0.4) is 0 Å². The molecule has 0 aliphatic carbocycles. The third-order valence-electron chi connectivity index (χ3n) is 3.55. The summed E-state index contributed by atoms with van der Waals surface area (Å²) in [5, 5.41) is 2.57. The molecule has 92 valence electrons. The maximum Gasteiger partial charge on any atom is 0.129 e. The molecule has 2 heteroatoms. The van der Waals surface area contributed by atoms with E-state index in [1.54, 1.807) is 0 Å². The highest BCUT2D eigenvalue weighted by atomic mass is 15.2. The van der Waals surface area contributed by atoms with Gasteiger partial charge in [0.05, 0.1) is 0 Å². The van der Waals surface area contributed by atoms with Gasteiger partial charge in [-0.2, -0.15) is 0 Å². The van der Waals surface area contributed by atoms with E-state index in [-0.39, 0.29) is 0 Å². The van der Waals surface area contributed by atoms with Crippen LogP contribution < -0.4 is 4.90 Å². The zero-order valence-electron chi connectivity index (χ0n) is 10.9. The molecule has 0 unspecified atom stereocenters. The van der Waals surface area contributed by atoms with Crippen molar-refractivity contribution in [1.82, 2.24) is 4.98 Å². The van der Waals surface area contributed by atoms with Crippen LogP contribution in [0.2, 0.25) is 0 Å². The van der Waals surface area contributed by atoms with E-state index in [0.717, 1.165) is 18.9 Å². The molecule has 2 nitrogen and oxygen atoms in total. The Kier molecular flexibility index (Phi) is 2.78. The van der Waals surface area contributed by atoms with Gasteiger partial charge in [-0.1, -0.05) is 44.2 Å². The van der Waals surface area contributed by atoms with E-state index in [2.05, 4.69) is 60.1 Å². The summed E-state index contributed by atoms with van der Waals surface area (Å²) >= 11 is 0. The van der Waals surface area contributed by atoms with Crippen molar-refractivity contribution in [1.29, 1.82) is 0 Å². The third kappa shape index (κ3) is 1.88. The fourth-order valence-corrected chi connectivity index (χ4v) is 2.53. The lowest BCUT2D eigenvalue weighted by Crippen LogP contribution is -2.19. The van der Waals surface area contributed by atoms with Crippen LogP contribution in [0.5, 0.6) is 0 Å². The third-order valence-corrected chi connectivity index (χ3v) is 3.55. The van der Waals surface area contributed by atoms with Crippen molar-refractivity contribution in [2.24, 2.45) is 0 Å². The first-order valence-electron chi connectivity index (χ1n) is 6.54. The summed E-state index contributed by atoms with van der Waals surface area (Å²) in [4.78, 5) is 6.90. The van der Waals surface area contributed by atoms with Gasteiger partial charge in [0, 0.05) is 24.7 Å². The fourth-order valence-electron chi connectivity index (χ4n) is 2.53. The Balaban J connectivity index is 2.07. The number of anilines is 1. The minimum atomic E-state index is 0.537. The number of nitrogens with zero attached hydrogens (tertiary/aromatic N) is 2. The number of fused-ring (bicyclic) bond motifs is 1.